The summed E-state index contributed by atoms with van der Waals surface area (Å²) in [6.07, 6.45) is 1.46. The Morgan fingerprint density at radius 3 is 2.42 bits per heavy atom. The van der Waals surface area contributed by atoms with Crippen molar-refractivity contribution < 1.29 is 24.4 Å². The first-order valence-corrected chi connectivity index (χ1v) is 12.3. The first-order valence-electron chi connectivity index (χ1n) is 12.3. The third-order valence-electron chi connectivity index (χ3n) is 6.99. The van der Waals surface area contributed by atoms with E-state index in [0.717, 1.165) is 5.69 Å². The minimum absolute atomic E-state index is 0.0680. The molecule has 0 spiro atoms. The average molecular weight is 518 g/mol. The van der Waals surface area contributed by atoms with Gasteiger partial charge >= 0.3 is 0 Å². The fourth-order valence-corrected chi connectivity index (χ4v) is 4.93. The van der Waals surface area contributed by atoms with Crippen molar-refractivity contribution in [3.05, 3.63) is 93.3 Å². The predicted octanol–water partition coefficient (Wildman–Crippen LogP) is 2.84. The predicted molar refractivity (Wildman–Crippen MR) is 138 cm³/mol. The van der Waals surface area contributed by atoms with E-state index in [1.54, 1.807) is 11.6 Å². The van der Waals surface area contributed by atoms with Gasteiger partial charge in [0.1, 0.15) is 5.76 Å². The highest BCUT2D eigenvalue weighted by molar-refractivity contribution is 6.46. The van der Waals surface area contributed by atoms with Crippen molar-refractivity contribution in [3.8, 4) is 5.69 Å². The lowest BCUT2D eigenvalue weighted by molar-refractivity contribution is -0.384. The maximum Gasteiger partial charge on any atom is 0.295 e. The van der Waals surface area contributed by atoms with Crippen LogP contribution >= 0.6 is 0 Å². The average Bonchev–Trinajstić information content (AvgIpc) is 3.45. The molecule has 3 heterocycles. The molecule has 11 heteroatoms. The lowest BCUT2D eigenvalue weighted by Gasteiger charge is -2.31. The molecule has 0 unspecified atom stereocenters. The van der Waals surface area contributed by atoms with Crippen molar-refractivity contribution in [1.29, 1.82) is 0 Å². The van der Waals surface area contributed by atoms with E-state index < -0.39 is 22.7 Å². The number of carbonyl (C=O) groups excluding carboxylic acids is 2. The van der Waals surface area contributed by atoms with Gasteiger partial charge in [-0.25, -0.2) is 4.68 Å². The van der Waals surface area contributed by atoms with Crippen LogP contribution in [0.15, 0.2) is 66.4 Å². The van der Waals surface area contributed by atoms with Gasteiger partial charge < -0.3 is 14.7 Å². The summed E-state index contributed by atoms with van der Waals surface area (Å²) in [7, 11) is 0. The van der Waals surface area contributed by atoms with Crippen molar-refractivity contribution in [2.45, 2.75) is 13.0 Å². The molecule has 1 atom stereocenters. The number of rotatable bonds is 7. The lowest BCUT2D eigenvalue weighted by Crippen LogP contribution is -2.42. The van der Waals surface area contributed by atoms with E-state index in [-0.39, 0.29) is 23.6 Å². The summed E-state index contributed by atoms with van der Waals surface area (Å²) >= 11 is 0. The third kappa shape index (κ3) is 4.69. The lowest BCUT2D eigenvalue weighted by atomic mass is 9.95. The Morgan fingerprint density at radius 1 is 1.08 bits per heavy atom. The highest BCUT2D eigenvalue weighted by Gasteiger charge is 2.46. The van der Waals surface area contributed by atoms with E-state index in [2.05, 4.69) is 10.00 Å². The molecule has 2 fully saturated rings. The van der Waals surface area contributed by atoms with Crippen LogP contribution < -0.4 is 0 Å². The van der Waals surface area contributed by atoms with Crippen LogP contribution in [0.3, 0.4) is 0 Å². The number of benzene rings is 2. The fraction of sp³-hybridized carbons (Fsp3) is 0.296. The zero-order chi connectivity index (χ0) is 26.8. The quantitative estimate of drug-likeness (QED) is 0.166. The minimum atomic E-state index is -0.906. The Morgan fingerprint density at radius 2 is 1.76 bits per heavy atom. The second kappa shape index (κ2) is 10.6. The highest BCUT2D eigenvalue weighted by atomic mass is 16.6. The number of likely N-dealkylation sites (tertiary alicyclic amines) is 1. The van der Waals surface area contributed by atoms with Crippen LogP contribution in [-0.4, -0.2) is 80.7 Å². The van der Waals surface area contributed by atoms with Crippen molar-refractivity contribution in [3.63, 3.8) is 0 Å². The van der Waals surface area contributed by atoms with Crippen molar-refractivity contribution in [2.24, 2.45) is 0 Å². The molecule has 0 saturated carbocycles. The number of aliphatic hydroxyl groups excluding tert-OH is 1. The Balaban J connectivity index is 1.56. The van der Waals surface area contributed by atoms with E-state index in [4.69, 9.17) is 4.74 Å². The highest BCUT2D eigenvalue weighted by Crippen LogP contribution is 2.40. The molecule has 5 rings (SSSR count). The van der Waals surface area contributed by atoms with Gasteiger partial charge in [-0.2, -0.15) is 5.10 Å². The third-order valence-corrected chi connectivity index (χ3v) is 6.99. The number of ketones is 1. The standard InChI is InChI=1S/C27H27N5O6/c1-18-22(17-28-31(18)20-5-3-2-4-6-20)25(33)23-24(19-7-9-21(10-8-19)32(36)37)30(27(35)26(23)34)12-11-29-13-15-38-16-14-29/h2-10,17,24,33H,11-16H2,1H3/t24-/m0/s1. The molecule has 11 nitrogen and oxygen atoms in total. The van der Waals surface area contributed by atoms with E-state index in [0.29, 0.717) is 49.7 Å². The molecular weight excluding hydrogens is 490 g/mol. The number of nitrogens with zero attached hydrogens (tertiary/aromatic N) is 5. The van der Waals surface area contributed by atoms with Gasteiger partial charge in [0, 0.05) is 38.3 Å². The zero-order valence-corrected chi connectivity index (χ0v) is 20.8. The molecule has 0 bridgehead atoms. The molecule has 2 aliphatic heterocycles. The molecule has 0 aliphatic carbocycles. The van der Waals surface area contributed by atoms with Crippen LogP contribution in [0, 0.1) is 17.0 Å². The smallest absolute Gasteiger partial charge is 0.295 e. The number of nitro groups is 1. The first kappa shape index (κ1) is 25.3. The van der Waals surface area contributed by atoms with Crippen LogP contribution in [0.4, 0.5) is 5.69 Å². The van der Waals surface area contributed by atoms with Gasteiger partial charge in [0.05, 0.1) is 52.9 Å². The van der Waals surface area contributed by atoms with Crippen molar-refractivity contribution in [2.75, 3.05) is 39.4 Å². The van der Waals surface area contributed by atoms with Gasteiger partial charge in [0.2, 0.25) is 0 Å². The number of nitro benzene ring substituents is 1. The van der Waals surface area contributed by atoms with Gasteiger partial charge in [-0.1, -0.05) is 18.2 Å². The number of non-ortho nitro benzene ring substituents is 1. The number of para-hydroxylation sites is 1. The monoisotopic (exact) mass is 517 g/mol. The molecule has 1 amide bonds. The van der Waals surface area contributed by atoms with Crippen molar-refractivity contribution >= 4 is 23.1 Å². The molecule has 2 saturated heterocycles. The normalized spacial score (nSPS) is 19.7. The Bertz CT molecular complexity index is 1390. The van der Waals surface area contributed by atoms with Crippen LogP contribution in [0.25, 0.3) is 11.4 Å². The largest absolute Gasteiger partial charge is 0.507 e. The van der Waals surface area contributed by atoms with E-state index in [1.807, 2.05) is 30.3 Å². The minimum Gasteiger partial charge on any atom is -0.507 e. The van der Waals surface area contributed by atoms with Gasteiger partial charge in [-0.05, 0) is 36.8 Å². The molecule has 0 radical (unpaired) electrons. The molecular formula is C27H27N5O6. The SMILES string of the molecule is Cc1c(C(O)=C2C(=O)C(=O)N(CCN3CCOCC3)[C@H]2c2ccc([N+](=O)[O-])cc2)cnn1-c1ccccc1. The molecule has 1 aromatic heterocycles. The maximum absolute atomic E-state index is 13.4. The molecule has 3 aromatic rings. The number of morpholine rings is 1. The zero-order valence-electron chi connectivity index (χ0n) is 20.8. The second-order valence-corrected chi connectivity index (χ2v) is 9.19. The van der Waals surface area contributed by atoms with Crippen LogP contribution in [-0.2, 0) is 14.3 Å². The van der Waals surface area contributed by atoms with Gasteiger partial charge in [-0.15, -0.1) is 0 Å². The summed E-state index contributed by atoms with van der Waals surface area (Å²) < 4.78 is 7.04. The van der Waals surface area contributed by atoms with Crippen molar-refractivity contribution in [1.82, 2.24) is 19.6 Å². The summed E-state index contributed by atoms with van der Waals surface area (Å²) in [5, 5.41) is 27.0. The van der Waals surface area contributed by atoms with Gasteiger partial charge in [0.25, 0.3) is 17.4 Å². The number of aromatic nitrogens is 2. The first-order chi connectivity index (χ1) is 18.4. The molecule has 2 aliphatic rings. The summed E-state index contributed by atoms with van der Waals surface area (Å²) in [6.45, 7) is 5.14. The number of amides is 1. The number of hydrogen-bond donors (Lipinski definition) is 1. The number of ether oxygens (including phenoxy) is 1. The second-order valence-electron chi connectivity index (χ2n) is 9.19. The van der Waals surface area contributed by atoms with Gasteiger partial charge in [0.15, 0.2) is 0 Å². The maximum atomic E-state index is 13.4. The summed E-state index contributed by atoms with van der Waals surface area (Å²) in [4.78, 5) is 40.9. The van der Waals surface area contributed by atoms with E-state index in [9.17, 15) is 24.8 Å². The Hall–Kier alpha value is -4.35. The topological polar surface area (TPSA) is 131 Å². The number of hydrogen-bond acceptors (Lipinski definition) is 8. The molecule has 38 heavy (non-hydrogen) atoms. The van der Waals surface area contributed by atoms with Gasteiger partial charge in [-0.3, -0.25) is 24.6 Å². The number of aliphatic hydroxyl groups is 1. The molecule has 1 N–H and O–H groups in total. The van der Waals surface area contributed by atoms with Crippen LogP contribution in [0.2, 0.25) is 0 Å². The summed E-state index contributed by atoms with van der Waals surface area (Å²) in [6, 6.07) is 14.1. The Kier molecular flexibility index (Phi) is 7.03. The fourth-order valence-electron chi connectivity index (χ4n) is 4.93. The number of carbonyl (C=O) groups is 2. The summed E-state index contributed by atoms with van der Waals surface area (Å²) in [5.41, 5.74) is 2.01. The van der Waals surface area contributed by atoms with E-state index in [1.165, 1.54) is 35.4 Å². The molecule has 196 valence electrons. The van der Waals surface area contributed by atoms with E-state index >= 15 is 0 Å². The Labute approximate surface area is 218 Å². The van der Waals surface area contributed by atoms with Crippen LogP contribution in [0.5, 0.6) is 0 Å². The summed E-state index contributed by atoms with van der Waals surface area (Å²) in [5.74, 6) is -1.86. The molecule has 2 aromatic carbocycles. The van der Waals surface area contributed by atoms with Crippen LogP contribution in [0.1, 0.15) is 22.9 Å². The number of Topliss-reactive ketones (excluding diaryl/α,β-unsaturated/α-hetero) is 1.